The first kappa shape index (κ1) is 16.3. The van der Waals surface area contributed by atoms with Gasteiger partial charge in [-0.3, -0.25) is 11.3 Å². The first-order chi connectivity index (χ1) is 9.41. The smallest absolute Gasteiger partial charge is 0.271 e. The van der Waals surface area contributed by atoms with Gasteiger partial charge in [0, 0.05) is 10.9 Å². The van der Waals surface area contributed by atoms with Crippen molar-refractivity contribution in [3.8, 4) is 0 Å². The van der Waals surface area contributed by atoms with Crippen LogP contribution in [0, 0.1) is 11.8 Å². The van der Waals surface area contributed by atoms with Crippen LogP contribution in [0.5, 0.6) is 0 Å². The summed E-state index contributed by atoms with van der Waals surface area (Å²) in [7, 11) is 0. The van der Waals surface area contributed by atoms with Crippen molar-refractivity contribution in [2.24, 2.45) is 17.7 Å². The summed E-state index contributed by atoms with van der Waals surface area (Å²) in [6, 6.07) is 3.52. The van der Waals surface area contributed by atoms with Crippen LogP contribution < -0.4 is 11.3 Å². The van der Waals surface area contributed by atoms with Gasteiger partial charge in [0.05, 0.1) is 9.70 Å². The number of alkyl halides is 3. The molecule has 1 aromatic rings. The third kappa shape index (κ3) is 3.96. The molecule has 0 saturated heterocycles. The summed E-state index contributed by atoms with van der Waals surface area (Å²) < 4.78 is 40.5. The number of rotatable bonds is 4. The summed E-state index contributed by atoms with van der Waals surface area (Å²) in [4.78, 5) is 1.05. The molecule has 1 saturated carbocycles. The van der Waals surface area contributed by atoms with E-state index in [4.69, 9.17) is 5.84 Å². The molecule has 1 heterocycles. The van der Waals surface area contributed by atoms with E-state index in [1.807, 2.05) is 12.1 Å². The zero-order chi connectivity index (χ0) is 14.8. The zero-order valence-corrected chi connectivity index (χ0v) is 13.3. The van der Waals surface area contributed by atoms with E-state index >= 15 is 0 Å². The molecule has 0 radical (unpaired) electrons. The lowest BCUT2D eigenvalue weighted by Crippen LogP contribution is -2.49. The molecule has 1 aliphatic rings. The third-order valence-electron chi connectivity index (χ3n) is 4.02. The van der Waals surface area contributed by atoms with Gasteiger partial charge in [-0.25, -0.2) is 0 Å². The van der Waals surface area contributed by atoms with E-state index in [9.17, 15) is 13.2 Å². The van der Waals surface area contributed by atoms with Crippen LogP contribution in [0.4, 0.5) is 13.2 Å². The highest BCUT2D eigenvalue weighted by atomic mass is 79.9. The molecular formula is C13H18BrF3N2S. The van der Waals surface area contributed by atoms with Crippen LogP contribution in [0.25, 0.3) is 0 Å². The van der Waals surface area contributed by atoms with Gasteiger partial charge in [-0.1, -0.05) is 12.8 Å². The Kier molecular flexibility index (Phi) is 5.50. The van der Waals surface area contributed by atoms with Gasteiger partial charge in [0.25, 0.3) is 0 Å². The maximum Gasteiger partial charge on any atom is 0.392 e. The molecule has 20 heavy (non-hydrogen) atoms. The highest BCUT2D eigenvalue weighted by molar-refractivity contribution is 9.11. The maximum absolute atomic E-state index is 13.2. The Hall–Kier alpha value is -0.110. The summed E-state index contributed by atoms with van der Waals surface area (Å²) in [5.41, 5.74) is 2.62. The number of nitrogens with two attached hydrogens (primary N) is 1. The molecule has 0 spiro atoms. The van der Waals surface area contributed by atoms with E-state index in [0.29, 0.717) is 19.3 Å². The average Bonchev–Trinajstić information content (AvgIpc) is 2.80. The highest BCUT2D eigenvalue weighted by Crippen LogP contribution is 2.43. The van der Waals surface area contributed by atoms with Crippen LogP contribution in [0.3, 0.4) is 0 Å². The van der Waals surface area contributed by atoms with Gasteiger partial charge >= 0.3 is 6.18 Å². The number of thiophene rings is 1. The van der Waals surface area contributed by atoms with Crippen LogP contribution in [0.2, 0.25) is 0 Å². The predicted octanol–water partition coefficient (Wildman–Crippen LogP) is 4.25. The first-order valence-electron chi connectivity index (χ1n) is 6.69. The standard InChI is InChI=1S/C13H18BrF3N2S/c14-12-6-5-8(20-12)7-11(19-18)9-3-1-2-4-10(9)13(15,16)17/h5-6,9-11,19H,1-4,7,18H2. The van der Waals surface area contributed by atoms with Crippen LogP contribution in [0.1, 0.15) is 30.6 Å². The summed E-state index contributed by atoms with van der Waals surface area (Å²) in [6.45, 7) is 0. The number of hydrogen-bond donors (Lipinski definition) is 2. The molecule has 3 atom stereocenters. The fourth-order valence-electron chi connectivity index (χ4n) is 3.06. The largest absolute Gasteiger partial charge is 0.392 e. The lowest BCUT2D eigenvalue weighted by molar-refractivity contribution is -0.199. The molecule has 0 amide bonds. The van der Waals surface area contributed by atoms with Crippen molar-refractivity contribution in [2.45, 2.75) is 44.3 Å². The number of halogens is 4. The van der Waals surface area contributed by atoms with E-state index in [2.05, 4.69) is 21.4 Å². The van der Waals surface area contributed by atoms with Crippen LogP contribution >= 0.6 is 27.3 Å². The van der Waals surface area contributed by atoms with Gasteiger partial charge in [-0.15, -0.1) is 11.3 Å². The second-order valence-electron chi connectivity index (χ2n) is 5.28. The molecule has 3 N–H and O–H groups in total. The lowest BCUT2D eigenvalue weighted by atomic mass is 9.74. The molecule has 0 bridgehead atoms. The number of hydrazine groups is 1. The van der Waals surface area contributed by atoms with Gasteiger partial charge in [-0.05, 0) is 53.2 Å². The second-order valence-corrected chi connectivity index (χ2v) is 7.83. The molecule has 1 aliphatic carbocycles. The fraction of sp³-hybridized carbons (Fsp3) is 0.692. The minimum Gasteiger partial charge on any atom is -0.271 e. The van der Waals surface area contributed by atoms with Crippen molar-refractivity contribution in [3.05, 3.63) is 20.8 Å². The van der Waals surface area contributed by atoms with Crippen molar-refractivity contribution in [1.82, 2.24) is 5.43 Å². The Morgan fingerprint density at radius 1 is 1.35 bits per heavy atom. The zero-order valence-electron chi connectivity index (χ0n) is 10.9. The molecular weight excluding hydrogens is 353 g/mol. The van der Waals surface area contributed by atoms with E-state index in [0.717, 1.165) is 15.1 Å². The molecule has 0 aliphatic heterocycles. The lowest BCUT2D eigenvalue weighted by Gasteiger charge is -2.37. The van der Waals surface area contributed by atoms with Crippen LogP contribution in [0.15, 0.2) is 15.9 Å². The normalized spacial score (nSPS) is 25.6. The quantitative estimate of drug-likeness (QED) is 0.613. The molecule has 1 aromatic heterocycles. The van der Waals surface area contributed by atoms with E-state index < -0.39 is 18.0 Å². The predicted molar refractivity (Wildman–Crippen MR) is 78.3 cm³/mol. The Morgan fingerprint density at radius 3 is 2.60 bits per heavy atom. The van der Waals surface area contributed by atoms with Crippen molar-refractivity contribution < 1.29 is 13.2 Å². The molecule has 2 rings (SSSR count). The number of nitrogens with one attached hydrogen (secondary N) is 1. The molecule has 114 valence electrons. The molecule has 0 aromatic carbocycles. The monoisotopic (exact) mass is 370 g/mol. The summed E-state index contributed by atoms with van der Waals surface area (Å²) in [5, 5.41) is 0. The minimum absolute atomic E-state index is 0.223. The molecule has 1 fully saturated rings. The van der Waals surface area contributed by atoms with Gasteiger partial charge in [0.1, 0.15) is 0 Å². The SMILES string of the molecule is NNC(Cc1ccc(Br)s1)C1CCCCC1C(F)(F)F. The number of hydrogen-bond acceptors (Lipinski definition) is 3. The minimum atomic E-state index is -4.13. The third-order valence-corrected chi connectivity index (χ3v) is 5.67. The molecule has 3 unspecified atom stereocenters. The average molecular weight is 371 g/mol. The van der Waals surface area contributed by atoms with E-state index in [1.54, 1.807) is 11.3 Å². The summed E-state index contributed by atoms with van der Waals surface area (Å²) in [5.74, 6) is 3.87. The van der Waals surface area contributed by atoms with Gasteiger partial charge in [0.15, 0.2) is 0 Å². The van der Waals surface area contributed by atoms with Gasteiger partial charge in [0.2, 0.25) is 0 Å². The van der Waals surface area contributed by atoms with E-state index in [-0.39, 0.29) is 12.5 Å². The maximum atomic E-state index is 13.2. The fourth-order valence-corrected chi connectivity index (χ4v) is 4.60. The highest BCUT2D eigenvalue weighted by Gasteiger charge is 2.47. The first-order valence-corrected chi connectivity index (χ1v) is 8.30. The Labute approximate surface area is 129 Å². The van der Waals surface area contributed by atoms with E-state index in [1.165, 1.54) is 0 Å². The van der Waals surface area contributed by atoms with Gasteiger partial charge < -0.3 is 0 Å². The molecule has 7 heteroatoms. The Bertz CT molecular complexity index is 435. The van der Waals surface area contributed by atoms with Crippen molar-refractivity contribution >= 4 is 27.3 Å². The van der Waals surface area contributed by atoms with Crippen molar-refractivity contribution in [2.75, 3.05) is 0 Å². The summed E-state index contributed by atoms with van der Waals surface area (Å²) >= 11 is 4.91. The van der Waals surface area contributed by atoms with Crippen LogP contribution in [-0.4, -0.2) is 12.2 Å². The van der Waals surface area contributed by atoms with Crippen LogP contribution in [-0.2, 0) is 6.42 Å². The van der Waals surface area contributed by atoms with Crippen molar-refractivity contribution in [3.63, 3.8) is 0 Å². The summed E-state index contributed by atoms with van der Waals surface area (Å²) in [6.07, 6.45) is -1.27. The molecule has 2 nitrogen and oxygen atoms in total. The van der Waals surface area contributed by atoms with Gasteiger partial charge in [-0.2, -0.15) is 13.2 Å². The van der Waals surface area contributed by atoms with Crippen molar-refractivity contribution in [1.29, 1.82) is 0 Å². The second kappa shape index (κ2) is 6.77. The Balaban J connectivity index is 2.11. The topological polar surface area (TPSA) is 38.0 Å². The Morgan fingerprint density at radius 2 is 2.05 bits per heavy atom.